The van der Waals surface area contributed by atoms with Crippen LogP contribution in [0.5, 0.6) is 0 Å². The molecule has 0 saturated carbocycles. The van der Waals surface area contributed by atoms with Crippen molar-refractivity contribution in [1.29, 1.82) is 0 Å². The minimum Gasteiger partial charge on any atom is -0.396 e. The lowest BCUT2D eigenvalue weighted by Gasteiger charge is -2.06. The third kappa shape index (κ3) is 3.01. The first-order valence-electron chi connectivity index (χ1n) is 4.36. The Hall–Kier alpha value is -1.07. The van der Waals surface area contributed by atoms with Crippen LogP contribution >= 0.6 is 11.6 Å². The number of rotatable bonds is 5. The van der Waals surface area contributed by atoms with Gasteiger partial charge in [-0.2, -0.15) is 0 Å². The SMILES string of the molecule is Nc1ncnc(NCCCCO)c1Cl. The largest absolute Gasteiger partial charge is 0.396 e. The van der Waals surface area contributed by atoms with Crippen LogP contribution in [0, 0.1) is 0 Å². The van der Waals surface area contributed by atoms with Crippen molar-refractivity contribution in [3.63, 3.8) is 0 Å². The predicted molar refractivity (Wildman–Crippen MR) is 56.3 cm³/mol. The summed E-state index contributed by atoms with van der Waals surface area (Å²) >= 11 is 5.84. The Kier molecular flexibility index (Phi) is 4.42. The lowest BCUT2D eigenvalue weighted by Crippen LogP contribution is -2.06. The summed E-state index contributed by atoms with van der Waals surface area (Å²) in [7, 11) is 0. The van der Waals surface area contributed by atoms with Gasteiger partial charge in [-0.05, 0) is 12.8 Å². The van der Waals surface area contributed by atoms with Crippen molar-refractivity contribution >= 4 is 23.2 Å². The van der Waals surface area contributed by atoms with Crippen LogP contribution in [0.3, 0.4) is 0 Å². The Labute approximate surface area is 87.3 Å². The molecule has 0 radical (unpaired) electrons. The Morgan fingerprint density at radius 3 is 2.93 bits per heavy atom. The molecule has 1 heterocycles. The van der Waals surface area contributed by atoms with Crippen LogP contribution in [-0.4, -0.2) is 28.2 Å². The van der Waals surface area contributed by atoms with Crippen molar-refractivity contribution in [1.82, 2.24) is 9.97 Å². The summed E-state index contributed by atoms with van der Waals surface area (Å²) in [6.07, 6.45) is 2.97. The molecule has 0 saturated heterocycles. The number of nitrogens with two attached hydrogens (primary N) is 1. The third-order valence-electron chi connectivity index (χ3n) is 1.69. The quantitative estimate of drug-likeness (QED) is 0.637. The molecule has 4 N–H and O–H groups in total. The maximum atomic E-state index is 8.56. The van der Waals surface area contributed by atoms with Gasteiger partial charge in [-0.25, -0.2) is 9.97 Å². The van der Waals surface area contributed by atoms with Gasteiger partial charge in [0.25, 0.3) is 0 Å². The van der Waals surface area contributed by atoms with E-state index in [9.17, 15) is 0 Å². The van der Waals surface area contributed by atoms with Gasteiger partial charge in [0.1, 0.15) is 23.0 Å². The summed E-state index contributed by atoms with van der Waals surface area (Å²) in [5.41, 5.74) is 5.49. The molecule has 0 amide bonds. The molecule has 0 aliphatic rings. The normalized spacial score (nSPS) is 10.1. The van der Waals surface area contributed by atoms with E-state index >= 15 is 0 Å². The number of anilines is 2. The average molecular weight is 217 g/mol. The van der Waals surface area contributed by atoms with Crippen LogP contribution in [0.15, 0.2) is 6.33 Å². The zero-order chi connectivity index (χ0) is 10.4. The molecule has 0 aliphatic carbocycles. The number of unbranched alkanes of at least 4 members (excludes halogenated alkanes) is 1. The fourth-order valence-electron chi connectivity index (χ4n) is 0.950. The van der Waals surface area contributed by atoms with E-state index in [2.05, 4.69) is 15.3 Å². The second-order valence-corrected chi connectivity index (χ2v) is 3.16. The van der Waals surface area contributed by atoms with E-state index < -0.39 is 0 Å². The molecule has 14 heavy (non-hydrogen) atoms. The van der Waals surface area contributed by atoms with Gasteiger partial charge < -0.3 is 16.2 Å². The first-order valence-corrected chi connectivity index (χ1v) is 4.74. The van der Waals surface area contributed by atoms with Crippen LogP contribution in [0.1, 0.15) is 12.8 Å². The average Bonchev–Trinajstić information content (AvgIpc) is 2.19. The summed E-state index contributed by atoms with van der Waals surface area (Å²) in [5, 5.41) is 11.9. The number of aromatic nitrogens is 2. The zero-order valence-corrected chi connectivity index (χ0v) is 8.46. The number of hydrogen-bond acceptors (Lipinski definition) is 5. The monoisotopic (exact) mass is 216 g/mol. The van der Waals surface area contributed by atoms with Gasteiger partial charge in [0.2, 0.25) is 0 Å². The lowest BCUT2D eigenvalue weighted by molar-refractivity contribution is 0.286. The van der Waals surface area contributed by atoms with E-state index in [1.54, 1.807) is 0 Å². The summed E-state index contributed by atoms with van der Waals surface area (Å²) in [5.74, 6) is 0.809. The number of hydrogen-bond donors (Lipinski definition) is 3. The predicted octanol–water partition coefficient (Wildman–Crippen LogP) is 0.897. The highest BCUT2D eigenvalue weighted by atomic mass is 35.5. The minimum absolute atomic E-state index is 0.196. The van der Waals surface area contributed by atoms with Crippen LogP contribution in [0.2, 0.25) is 5.02 Å². The number of nitrogens with one attached hydrogen (secondary N) is 1. The molecule has 78 valence electrons. The van der Waals surface area contributed by atoms with E-state index in [1.807, 2.05) is 0 Å². The van der Waals surface area contributed by atoms with Crippen molar-refractivity contribution in [3.8, 4) is 0 Å². The molecule has 0 unspecified atom stereocenters. The van der Waals surface area contributed by atoms with Crippen LogP contribution in [0.4, 0.5) is 11.6 Å². The van der Waals surface area contributed by atoms with E-state index in [4.69, 9.17) is 22.4 Å². The number of halogens is 1. The van der Waals surface area contributed by atoms with Crippen LogP contribution in [-0.2, 0) is 0 Å². The minimum atomic E-state index is 0.196. The molecule has 6 heteroatoms. The highest BCUT2D eigenvalue weighted by molar-refractivity contribution is 6.35. The molecule has 1 rings (SSSR count). The van der Waals surface area contributed by atoms with Gasteiger partial charge in [-0.3, -0.25) is 0 Å². The Morgan fingerprint density at radius 1 is 1.43 bits per heavy atom. The molecule has 0 aliphatic heterocycles. The first kappa shape index (κ1) is 11.0. The van der Waals surface area contributed by atoms with Crippen LogP contribution in [0.25, 0.3) is 0 Å². The summed E-state index contributed by atoms with van der Waals surface area (Å²) in [4.78, 5) is 7.68. The molecule has 5 nitrogen and oxygen atoms in total. The molecule has 0 fully saturated rings. The van der Waals surface area contributed by atoms with Crippen molar-refractivity contribution in [2.24, 2.45) is 0 Å². The summed E-state index contributed by atoms with van der Waals surface area (Å²) < 4.78 is 0. The molecule has 0 aromatic carbocycles. The highest BCUT2D eigenvalue weighted by Gasteiger charge is 2.04. The van der Waals surface area contributed by atoms with Gasteiger partial charge in [0, 0.05) is 13.2 Å². The highest BCUT2D eigenvalue weighted by Crippen LogP contribution is 2.22. The standard InChI is InChI=1S/C8H13ClN4O/c9-6-7(10)12-5-13-8(6)11-3-1-2-4-14/h5,14H,1-4H2,(H3,10,11,12,13). The van der Waals surface area contributed by atoms with Crippen molar-refractivity contribution in [2.45, 2.75) is 12.8 Å². The summed E-state index contributed by atoms with van der Waals surface area (Å²) in [6, 6.07) is 0. The third-order valence-corrected chi connectivity index (χ3v) is 2.07. The molecular weight excluding hydrogens is 204 g/mol. The molecular formula is C8H13ClN4O. The molecule has 1 aromatic heterocycles. The van der Waals surface area contributed by atoms with Crippen LogP contribution < -0.4 is 11.1 Å². The van der Waals surface area contributed by atoms with E-state index in [0.717, 1.165) is 12.8 Å². The number of nitrogens with zero attached hydrogens (tertiary/aromatic N) is 2. The van der Waals surface area contributed by atoms with E-state index in [-0.39, 0.29) is 12.4 Å². The van der Waals surface area contributed by atoms with Crippen molar-refractivity contribution < 1.29 is 5.11 Å². The molecule has 0 bridgehead atoms. The smallest absolute Gasteiger partial charge is 0.150 e. The van der Waals surface area contributed by atoms with E-state index in [1.165, 1.54) is 6.33 Å². The second-order valence-electron chi connectivity index (χ2n) is 2.78. The number of aliphatic hydroxyl groups is 1. The molecule has 1 aromatic rings. The van der Waals surface area contributed by atoms with Gasteiger partial charge in [-0.1, -0.05) is 11.6 Å². The Balaban J connectivity index is 2.46. The Bertz CT molecular complexity index is 295. The topological polar surface area (TPSA) is 84.1 Å². The maximum absolute atomic E-state index is 8.56. The molecule has 0 atom stereocenters. The van der Waals surface area contributed by atoms with Crippen molar-refractivity contribution in [2.75, 3.05) is 24.2 Å². The fourth-order valence-corrected chi connectivity index (χ4v) is 1.11. The number of nitrogen functional groups attached to an aromatic ring is 1. The van der Waals surface area contributed by atoms with Crippen molar-refractivity contribution in [3.05, 3.63) is 11.3 Å². The van der Waals surface area contributed by atoms with E-state index in [0.29, 0.717) is 17.4 Å². The summed E-state index contributed by atoms with van der Waals surface area (Å²) in [6.45, 7) is 0.901. The van der Waals surface area contributed by atoms with Gasteiger partial charge in [0.15, 0.2) is 0 Å². The molecule has 0 spiro atoms. The second kappa shape index (κ2) is 5.62. The zero-order valence-electron chi connectivity index (χ0n) is 7.70. The van der Waals surface area contributed by atoms with Gasteiger partial charge in [0.05, 0.1) is 0 Å². The fraction of sp³-hybridized carbons (Fsp3) is 0.500. The Morgan fingerprint density at radius 2 is 2.21 bits per heavy atom. The van der Waals surface area contributed by atoms with Gasteiger partial charge in [-0.15, -0.1) is 0 Å². The lowest BCUT2D eigenvalue weighted by atomic mass is 10.3. The first-order chi connectivity index (χ1) is 6.75. The maximum Gasteiger partial charge on any atom is 0.150 e. The van der Waals surface area contributed by atoms with Gasteiger partial charge >= 0.3 is 0 Å². The number of aliphatic hydroxyl groups excluding tert-OH is 1.